The molecule has 174 valence electrons. The molecule has 3 aliphatic heterocycles. The Kier molecular flexibility index (Phi) is 4.86. The van der Waals surface area contributed by atoms with Crippen molar-refractivity contribution >= 4 is 26.4 Å². The lowest BCUT2D eigenvalue weighted by Crippen LogP contribution is -2.52. The number of rotatable bonds is 3. The Balaban J connectivity index is 1.64. The largest absolute Gasteiger partial charge is 0.486 e. The smallest absolute Gasteiger partial charge is 0.185 e. The van der Waals surface area contributed by atoms with Crippen LogP contribution in [0.3, 0.4) is 0 Å². The van der Waals surface area contributed by atoms with Gasteiger partial charge in [-0.15, -0.1) is 0 Å². The highest BCUT2D eigenvalue weighted by Crippen LogP contribution is 2.48. The maximum absolute atomic E-state index is 13.5. The number of nitrogens with zero attached hydrogens (tertiary/aromatic N) is 3. The first-order valence-corrected chi connectivity index (χ1v) is 13.2. The van der Waals surface area contributed by atoms with E-state index in [2.05, 4.69) is 9.88 Å². The molecule has 2 saturated heterocycles. The maximum Gasteiger partial charge on any atom is 0.185 e. The molecule has 3 aliphatic rings. The zero-order valence-electron chi connectivity index (χ0n) is 18.5. The molecule has 0 spiro atoms. The fourth-order valence-corrected chi connectivity index (χ4v) is 6.69. The second-order valence-corrected chi connectivity index (χ2v) is 11.4. The van der Waals surface area contributed by atoms with Crippen molar-refractivity contribution in [3.63, 3.8) is 0 Å². The van der Waals surface area contributed by atoms with Crippen molar-refractivity contribution in [3.05, 3.63) is 36.2 Å². The van der Waals surface area contributed by atoms with Gasteiger partial charge in [0.15, 0.2) is 17.4 Å². The zero-order valence-corrected chi connectivity index (χ0v) is 19.3. The summed E-state index contributed by atoms with van der Waals surface area (Å²) in [6, 6.07) is 8.07. The third-order valence-corrected chi connectivity index (χ3v) is 9.17. The summed E-state index contributed by atoms with van der Waals surface area (Å²) >= 11 is 0. The Bertz CT molecular complexity index is 1320. The van der Waals surface area contributed by atoms with Crippen molar-refractivity contribution in [1.29, 1.82) is 4.78 Å². The summed E-state index contributed by atoms with van der Waals surface area (Å²) in [4.78, 5) is 15.5. The molecule has 0 amide bonds. The summed E-state index contributed by atoms with van der Waals surface area (Å²) in [6.45, 7) is 3.20. The van der Waals surface area contributed by atoms with Gasteiger partial charge in [-0.3, -0.25) is 4.78 Å². The molecule has 2 aromatic heterocycles. The van der Waals surface area contributed by atoms with Gasteiger partial charge in [0.05, 0.1) is 29.0 Å². The van der Waals surface area contributed by atoms with E-state index in [9.17, 15) is 4.21 Å². The van der Waals surface area contributed by atoms with Gasteiger partial charge in [-0.1, -0.05) is 12.1 Å². The minimum absolute atomic E-state index is 0.0672. The summed E-state index contributed by atoms with van der Waals surface area (Å²) in [6.07, 6.45) is 4.33. The van der Waals surface area contributed by atoms with E-state index >= 15 is 0 Å². The zero-order chi connectivity index (χ0) is 22.6. The normalized spacial score (nSPS) is 23.9. The second kappa shape index (κ2) is 7.68. The van der Waals surface area contributed by atoms with Gasteiger partial charge in [0.1, 0.15) is 17.0 Å². The molecule has 2 fully saturated rings. The molecule has 33 heavy (non-hydrogen) atoms. The van der Waals surface area contributed by atoms with Crippen LogP contribution in [0, 0.1) is 4.78 Å². The molecule has 5 heterocycles. The molecule has 0 radical (unpaired) electrons. The average Bonchev–Trinajstić information content (AvgIpc) is 3.32. The van der Waals surface area contributed by atoms with Gasteiger partial charge in [0.25, 0.3) is 0 Å². The summed E-state index contributed by atoms with van der Waals surface area (Å²) in [5.74, 6) is 1.82. The number of nitrogens with one attached hydrogen (secondary N) is 2. The summed E-state index contributed by atoms with van der Waals surface area (Å²) < 4.78 is 38.8. The molecule has 1 aromatic carbocycles. The number of hydrogen-bond acceptors (Lipinski definition) is 8. The van der Waals surface area contributed by atoms with E-state index in [1.807, 2.05) is 30.5 Å². The number of ether oxygens (including phenoxy) is 3. The van der Waals surface area contributed by atoms with Crippen LogP contribution in [0.25, 0.3) is 22.3 Å². The van der Waals surface area contributed by atoms with Gasteiger partial charge in [-0.05, 0) is 25.0 Å². The van der Waals surface area contributed by atoms with Crippen LogP contribution in [0.15, 0.2) is 30.5 Å². The standard InChI is InChI=1S/C23H27N5O4S/c1-33(24,29)23(6-10-30-11-7-23)20-19-22(28-9-12-31-13-15(28)14-32-19)27-21(26-20)17-3-2-4-18-16(17)5-8-25-18/h2-5,8,15,24-25H,6-7,9-14H2,1H3. The Morgan fingerprint density at radius 2 is 2.00 bits per heavy atom. The number of anilines is 1. The predicted molar refractivity (Wildman–Crippen MR) is 125 cm³/mol. The van der Waals surface area contributed by atoms with Crippen molar-refractivity contribution in [2.45, 2.75) is 23.6 Å². The van der Waals surface area contributed by atoms with Gasteiger partial charge >= 0.3 is 0 Å². The average molecular weight is 470 g/mol. The van der Waals surface area contributed by atoms with Crippen LogP contribution in [0.5, 0.6) is 5.75 Å². The van der Waals surface area contributed by atoms with Crippen LogP contribution in [-0.2, 0) is 23.9 Å². The molecule has 10 heteroatoms. The Morgan fingerprint density at radius 1 is 1.15 bits per heavy atom. The lowest BCUT2D eigenvalue weighted by molar-refractivity contribution is 0.0644. The highest BCUT2D eigenvalue weighted by molar-refractivity contribution is 7.92. The number of aromatic amines is 1. The summed E-state index contributed by atoms with van der Waals surface area (Å²) in [5.41, 5.74) is 2.46. The van der Waals surface area contributed by atoms with E-state index in [-0.39, 0.29) is 6.04 Å². The van der Waals surface area contributed by atoms with Gasteiger partial charge < -0.3 is 24.1 Å². The van der Waals surface area contributed by atoms with Crippen molar-refractivity contribution in [3.8, 4) is 17.1 Å². The van der Waals surface area contributed by atoms with Gasteiger partial charge in [0, 0.05) is 48.7 Å². The minimum Gasteiger partial charge on any atom is -0.486 e. The summed E-state index contributed by atoms with van der Waals surface area (Å²) in [5, 5.41) is 1.02. The van der Waals surface area contributed by atoms with Crippen molar-refractivity contribution < 1.29 is 18.4 Å². The molecular weight excluding hydrogens is 442 g/mol. The van der Waals surface area contributed by atoms with Crippen LogP contribution >= 0.6 is 0 Å². The number of aromatic nitrogens is 3. The second-order valence-electron chi connectivity index (χ2n) is 8.98. The van der Waals surface area contributed by atoms with Crippen LogP contribution in [-0.4, -0.2) is 71.0 Å². The van der Waals surface area contributed by atoms with Gasteiger partial charge in [0.2, 0.25) is 0 Å². The number of benzene rings is 1. The fraction of sp³-hybridized carbons (Fsp3) is 0.478. The van der Waals surface area contributed by atoms with Gasteiger partial charge in [-0.2, -0.15) is 0 Å². The first kappa shape index (κ1) is 20.9. The van der Waals surface area contributed by atoms with E-state index in [0.717, 1.165) is 16.5 Å². The van der Waals surface area contributed by atoms with Crippen molar-refractivity contribution in [2.24, 2.45) is 0 Å². The molecule has 9 nitrogen and oxygen atoms in total. The molecule has 0 saturated carbocycles. The molecule has 0 bridgehead atoms. The first-order valence-electron chi connectivity index (χ1n) is 11.3. The number of hydrogen-bond donors (Lipinski definition) is 2. The summed E-state index contributed by atoms with van der Waals surface area (Å²) in [7, 11) is -3.03. The van der Waals surface area contributed by atoms with E-state index in [0.29, 0.717) is 75.5 Å². The molecule has 6 rings (SSSR count). The van der Waals surface area contributed by atoms with E-state index in [4.69, 9.17) is 29.0 Å². The molecule has 0 aliphatic carbocycles. The monoisotopic (exact) mass is 469 g/mol. The quantitative estimate of drug-likeness (QED) is 0.606. The minimum atomic E-state index is -3.03. The number of fused-ring (bicyclic) bond motifs is 4. The van der Waals surface area contributed by atoms with Crippen molar-refractivity contribution in [2.75, 3.05) is 50.7 Å². The van der Waals surface area contributed by atoms with Crippen LogP contribution in [0.2, 0.25) is 0 Å². The SMILES string of the molecule is CS(=N)(=O)C1(c2nc(-c3cccc4[nH]ccc34)nc3c2OCC2COCCN32)CCOCC1. The Labute approximate surface area is 192 Å². The topological polar surface area (TPSA) is 113 Å². The predicted octanol–water partition coefficient (Wildman–Crippen LogP) is 2.90. The van der Waals surface area contributed by atoms with Crippen molar-refractivity contribution in [1.82, 2.24) is 15.0 Å². The highest BCUT2D eigenvalue weighted by Gasteiger charge is 2.48. The lowest BCUT2D eigenvalue weighted by atomic mass is 9.93. The molecular formula is C23H27N5O4S. The number of H-pyrrole nitrogens is 1. The molecule has 2 atom stereocenters. The molecule has 2 unspecified atom stereocenters. The highest BCUT2D eigenvalue weighted by atomic mass is 32.2. The molecule has 3 aromatic rings. The van der Waals surface area contributed by atoms with Gasteiger partial charge in [-0.25, -0.2) is 14.2 Å². The maximum atomic E-state index is 13.5. The van der Waals surface area contributed by atoms with E-state index in [1.54, 1.807) is 0 Å². The Hall–Kier alpha value is -2.69. The third-order valence-electron chi connectivity index (χ3n) is 7.08. The van der Waals surface area contributed by atoms with Crippen LogP contribution < -0.4 is 9.64 Å². The van der Waals surface area contributed by atoms with E-state index < -0.39 is 14.5 Å². The van der Waals surface area contributed by atoms with Crippen LogP contribution in [0.1, 0.15) is 18.5 Å². The Morgan fingerprint density at radius 3 is 2.82 bits per heavy atom. The fourth-order valence-electron chi connectivity index (χ4n) is 5.24. The third kappa shape index (κ3) is 3.23. The molecule has 2 N–H and O–H groups in total. The lowest BCUT2D eigenvalue weighted by Gasteiger charge is -2.43. The number of morpholine rings is 1. The van der Waals surface area contributed by atoms with E-state index in [1.165, 1.54) is 6.26 Å². The van der Waals surface area contributed by atoms with Crippen LogP contribution in [0.4, 0.5) is 5.82 Å². The first-order chi connectivity index (χ1) is 16.0.